The summed E-state index contributed by atoms with van der Waals surface area (Å²) in [6.07, 6.45) is 1.30. The third kappa shape index (κ3) is 3.97. The highest BCUT2D eigenvalue weighted by Crippen LogP contribution is 2.34. The van der Waals surface area contributed by atoms with E-state index in [-0.39, 0.29) is 22.4 Å². The summed E-state index contributed by atoms with van der Waals surface area (Å²) in [5.74, 6) is -0.0653. The Labute approximate surface area is 183 Å². The summed E-state index contributed by atoms with van der Waals surface area (Å²) in [4.78, 5) is 32.5. The Morgan fingerprint density at radius 1 is 1.30 bits per heavy atom. The van der Waals surface area contributed by atoms with Crippen molar-refractivity contribution in [3.8, 4) is 0 Å². The lowest BCUT2D eigenvalue weighted by atomic mass is 9.95. The van der Waals surface area contributed by atoms with Gasteiger partial charge in [0.05, 0.1) is 15.1 Å². The molecule has 1 aliphatic rings. The van der Waals surface area contributed by atoms with E-state index >= 15 is 0 Å². The van der Waals surface area contributed by atoms with Crippen LogP contribution in [0.4, 0.5) is 16.5 Å². The van der Waals surface area contributed by atoms with Crippen molar-refractivity contribution in [2.24, 2.45) is 5.92 Å². The molecule has 1 fully saturated rings. The van der Waals surface area contributed by atoms with Crippen molar-refractivity contribution in [3.05, 3.63) is 57.6 Å². The van der Waals surface area contributed by atoms with E-state index in [9.17, 15) is 14.9 Å². The molecule has 1 aliphatic heterocycles. The standard InChI is InChI=1S/C21H21ClN4O3S/c1-2-25(21-23-16-13-15(22)7-8-19(16)30-21)20(27)14-9-11-24(12-10-14)17-5-3-4-6-18(17)26(28)29/h3-8,13-14H,2,9-12H2,1H3. The fourth-order valence-corrected chi connectivity index (χ4v) is 5.04. The van der Waals surface area contributed by atoms with E-state index in [1.165, 1.54) is 17.4 Å². The molecule has 0 N–H and O–H groups in total. The number of nitro groups is 1. The van der Waals surface area contributed by atoms with Crippen LogP contribution < -0.4 is 9.80 Å². The predicted octanol–water partition coefficient (Wildman–Crippen LogP) is 5.13. The molecule has 0 aliphatic carbocycles. The fourth-order valence-electron chi connectivity index (χ4n) is 3.86. The van der Waals surface area contributed by atoms with Gasteiger partial charge in [0.15, 0.2) is 5.13 Å². The molecule has 9 heteroatoms. The zero-order valence-electron chi connectivity index (χ0n) is 16.5. The SMILES string of the molecule is CCN(C(=O)C1CCN(c2ccccc2[N+](=O)[O-])CC1)c1nc2cc(Cl)ccc2s1. The number of thiazole rings is 1. The molecule has 0 radical (unpaired) electrons. The maximum Gasteiger partial charge on any atom is 0.292 e. The number of carbonyl (C=O) groups is 1. The van der Waals surface area contributed by atoms with Gasteiger partial charge in [-0.1, -0.05) is 35.1 Å². The van der Waals surface area contributed by atoms with Gasteiger partial charge in [0, 0.05) is 36.6 Å². The molecule has 30 heavy (non-hydrogen) atoms. The van der Waals surface area contributed by atoms with Crippen molar-refractivity contribution >= 4 is 55.6 Å². The molecule has 4 rings (SSSR count). The number of para-hydroxylation sites is 2. The molecule has 2 heterocycles. The van der Waals surface area contributed by atoms with Crippen LogP contribution in [0.15, 0.2) is 42.5 Å². The lowest BCUT2D eigenvalue weighted by Gasteiger charge is -2.34. The maximum absolute atomic E-state index is 13.2. The van der Waals surface area contributed by atoms with Gasteiger partial charge in [-0.3, -0.25) is 19.8 Å². The lowest BCUT2D eigenvalue weighted by Crippen LogP contribution is -2.42. The van der Waals surface area contributed by atoms with E-state index in [1.807, 2.05) is 24.0 Å². The van der Waals surface area contributed by atoms with Crippen molar-refractivity contribution in [1.82, 2.24) is 4.98 Å². The van der Waals surface area contributed by atoms with Crippen molar-refractivity contribution in [3.63, 3.8) is 0 Å². The van der Waals surface area contributed by atoms with Gasteiger partial charge in [-0.15, -0.1) is 0 Å². The second-order valence-electron chi connectivity index (χ2n) is 7.20. The smallest absolute Gasteiger partial charge is 0.292 e. The number of carbonyl (C=O) groups excluding carboxylic acids is 1. The van der Waals surface area contributed by atoms with Crippen LogP contribution in [-0.2, 0) is 4.79 Å². The summed E-state index contributed by atoms with van der Waals surface area (Å²) in [5, 5.41) is 12.6. The Morgan fingerprint density at radius 2 is 2.03 bits per heavy atom. The van der Waals surface area contributed by atoms with Crippen LogP contribution in [0.1, 0.15) is 19.8 Å². The second kappa shape index (κ2) is 8.57. The maximum atomic E-state index is 13.2. The molecule has 156 valence electrons. The average Bonchev–Trinajstić information content (AvgIpc) is 3.17. The molecule has 0 bridgehead atoms. The van der Waals surface area contributed by atoms with Crippen LogP contribution in [0, 0.1) is 16.0 Å². The number of rotatable bonds is 5. The summed E-state index contributed by atoms with van der Waals surface area (Å²) in [5.41, 5.74) is 1.51. The molecule has 2 aromatic carbocycles. The number of nitro benzene ring substituents is 1. The minimum absolute atomic E-state index is 0.0601. The molecule has 7 nitrogen and oxygen atoms in total. The highest BCUT2D eigenvalue weighted by molar-refractivity contribution is 7.22. The Bertz CT molecular complexity index is 1090. The van der Waals surface area contributed by atoms with E-state index in [1.54, 1.807) is 29.2 Å². The Morgan fingerprint density at radius 3 is 2.73 bits per heavy atom. The second-order valence-corrected chi connectivity index (χ2v) is 8.64. The van der Waals surface area contributed by atoms with Crippen LogP contribution in [0.3, 0.4) is 0 Å². The van der Waals surface area contributed by atoms with E-state index in [0.717, 1.165) is 10.2 Å². The van der Waals surface area contributed by atoms with E-state index in [2.05, 4.69) is 4.98 Å². The number of benzene rings is 2. The van der Waals surface area contributed by atoms with E-state index in [0.29, 0.717) is 48.3 Å². The molecular formula is C21H21ClN4O3S. The third-order valence-electron chi connectivity index (χ3n) is 5.41. The summed E-state index contributed by atoms with van der Waals surface area (Å²) in [6, 6.07) is 12.3. The normalized spacial score (nSPS) is 14.8. The van der Waals surface area contributed by atoms with E-state index in [4.69, 9.17) is 11.6 Å². The molecule has 0 atom stereocenters. The van der Waals surface area contributed by atoms with Gasteiger partial charge < -0.3 is 4.90 Å². The van der Waals surface area contributed by atoms with Gasteiger partial charge in [0.2, 0.25) is 5.91 Å². The number of anilines is 2. The number of fused-ring (bicyclic) bond motifs is 1. The third-order valence-corrected chi connectivity index (χ3v) is 6.71. The first-order valence-corrected chi connectivity index (χ1v) is 11.0. The number of amides is 1. The summed E-state index contributed by atoms with van der Waals surface area (Å²) in [7, 11) is 0. The molecule has 1 saturated heterocycles. The molecular weight excluding hydrogens is 424 g/mol. The average molecular weight is 445 g/mol. The van der Waals surface area contributed by atoms with Gasteiger partial charge in [-0.2, -0.15) is 0 Å². The number of hydrogen-bond donors (Lipinski definition) is 0. The van der Waals surface area contributed by atoms with Crippen LogP contribution in [0.2, 0.25) is 5.02 Å². The fraction of sp³-hybridized carbons (Fsp3) is 0.333. The topological polar surface area (TPSA) is 79.6 Å². The quantitative estimate of drug-likeness (QED) is 0.402. The van der Waals surface area contributed by atoms with Crippen LogP contribution in [0.25, 0.3) is 10.2 Å². The first-order chi connectivity index (χ1) is 14.5. The van der Waals surface area contributed by atoms with Crippen molar-refractivity contribution in [1.29, 1.82) is 0 Å². The van der Waals surface area contributed by atoms with Crippen LogP contribution in [-0.4, -0.2) is 35.4 Å². The highest BCUT2D eigenvalue weighted by Gasteiger charge is 2.31. The molecule has 0 unspecified atom stereocenters. The van der Waals surface area contributed by atoms with Crippen molar-refractivity contribution < 1.29 is 9.72 Å². The predicted molar refractivity (Wildman–Crippen MR) is 121 cm³/mol. The zero-order valence-corrected chi connectivity index (χ0v) is 18.0. The number of piperidine rings is 1. The minimum Gasteiger partial charge on any atom is -0.366 e. The summed E-state index contributed by atoms with van der Waals surface area (Å²) >= 11 is 7.54. The highest BCUT2D eigenvalue weighted by atomic mass is 35.5. The summed E-state index contributed by atoms with van der Waals surface area (Å²) < 4.78 is 0.992. The van der Waals surface area contributed by atoms with Crippen molar-refractivity contribution in [2.75, 3.05) is 29.4 Å². The Hall–Kier alpha value is -2.71. The first-order valence-electron chi connectivity index (χ1n) is 9.83. The van der Waals surface area contributed by atoms with Gasteiger partial charge in [-0.25, -0.2) is 4.98 Å². The summed E-state index contributed by atoms with van der Waals surface area (Å²) in [6.45, 7) is 3.69. The van der Waals surface area contributed by atoms with Crippen LogP contribution >= 0.6 is 22.9 Å². The van der Waals surface area contributed by atoms with Gasteiger partial charge >= 0.3 is 0 Å². The van der Waals surface area contributed by atoms with Gasteiger partial charge in [0.1, 0.15) is 5.69 Å². The largest absolute Gasteiger partial charge is 0.366 e. The van der Waals surface area contributed by atoms with Crippen molar-refractivity contribution in [2.45, 2.75) is 19.8 Å². The zero-order chi connectivity index (χ0) is 21.3. The Kier molecular flexibility index (Phi) is 5.87. The molecule has 0 saturated carbocycles. The van der Waals surface area contributed by atoms with Gasteiger partial charge in [0.25, 0.3) is 5.69 Å². The number of aromatic nitrogens is 1. The molecule has 1 aromatic heterocycles. The lowest BCUT2D eigenvalue weighted by molar-refractivity contribution is -0.384. The number of hydrogen-bond acceptors (Lipinski definition) is 6. The first kappa shape index (κ1) is 20.6. The van der Waals surface area contributed by atoms with Crippen LogP contribution in [0.5, 0.6) is 0 Å². The minimum atomic E-state index is -0.356. The molecule has 1 amide bonds. The monoisotopic (exact) mass is 444 g/mol. The number of nitrogens with zero attached hydrogens (tertiary/aromatic N) is 4. The Balaban J connectivity index is 1.48. The molecule has 0 spiro atoms. The van der Waals surface area contributed by atoms with E-state index < -0.39 is 0 Å². The molecule has 3 aromatic rings. The van der Waals surface area contributed by atoms with Gasteiger partial charge in [-0.05, 0) is 44.0 Å². The number of halogens is 1.